The Bertz CT molecular complexity index is 1070. The molecule has 0 aliphatic carbocycles. The van der Waals surface area contributed by atoms with Crippen molar-refractivity contribution in [2.45, 2.75) is 11.8 Å². The van der Waals surface area contributed by atoms with E-state index in [0.717, 1.165) is 5.56 Å². The van der Waals surface area contributed by atoms with Crippen molar-refractivity contribution in [1.29, 1.82) is 0 Å². The van der Waals surface area contributed by atoms with Crippen LogP contribution in [0.15, 0.2) is 77.7 Å². The Hall–Kier alpha value is -3.32. The molecular weight excluding hydrogens is 378 g/mol. The van der Waals surface area contributed by atoms with Crippen molar-refractivity contribution in [3.05, 3.63) is 83.9 Å². The van der Waals surface area contributed by atoms with Gasteiger partial charge in [0.05, 0.1) is 12.0 Å². The zero-order valence-corrected chi connectivity index (χ0v) is 16.2. The normalized spacial score (nSPS) is 10.9. The summed E-state index contributed by atoms with van der Waals surface area (Å²) in [6.07, 6.45) is 0. The lowest BCUT2D eigenvalue weighted by molar-refractivity contribution is 0.0598. The number of anilines is 1. The molecule has 7 heteroatoms. The lowest BCUT2D eigenvalue weighted by Crippen LogP contribution is -2.12. The Morgan fingerprint density at radius 1 is 0.893 bits per heavy atom. The van der Waals surface area contributed by atoms with Crippen LogP contribution in [-0.2, 0) is 14.8 Å². The molecule has 3 aromatic rings. The summed E-state index contributed by atoms with van der Waals surface area (Å²) in [6.45, 7) is 1.89. The number of hydrogen-bond acceptors (Lipinski definition) is 5. The fourth-order valence-electron chi connectivity index (χ4n) is 2.48. The van der Waals surface area contributed by atoms with E-state index in [9.17, 15) is 13.2 Å². The van der Waals surface area contributed by atoms with Crippen molar-refractivity contribution in [3.8, 4) is 11.5 Å². The van der Waals surface area contributed by atoms with Crippen molar-refractivity contribution in [2.24, 2.45) is 0 Å². The van der Waals surface area contributed by atoms with Crippen LogP contribution in [-0.4, -0.2) is 21.5 Å². The van der Waals surface area contributed by atoms with Gasteiger partial charge in [0.15, 0.2) is 0 Å². The quantitative estimate of drug-likeness (QED) is 0.625. The minimum Gasteiger partial charge on any atom is -0.465 e. The van der Waals surface area contributed by atoms with Gasteiger partial charge >= 0.3 is 5.97 Å². The number of sulfonamides is 1. The summed E-state index contributed by atoms with van der Waals surface area (Å²) in [5, 5.41) is 0. The molecule has 0 amide bonds. The van der Waals surface area contributed by atoms with Gasteiger partial charge in [-0.1, -0.05) is 29.8 Å². The number of para-hydroxylation sites is 1. The van der Waals surface area contributed by atoms with E-state index in [1.54, 1.807) is 72.8 Å². The van der Waals surface area contributed by atoms with Crippen LogP contribution in [0.4, 0.5) is 5.69 Å². The number of nitrogens with one attached hydrogen (secondary N) is 1. The predicted molar refractivity (Wildman–Crippen MR) is 106 cm³/mol. The first-order valence-corrected chi connectivity index (χ1v) is 9.92. The van der Waals surface area contributed by atoms with E-state index < -0.39 is 16.0 Å². The van der Waals surface area contributed by atoms with E-state index in [2.05, 4.69) is 4.72 Å². The molecule has 0 aliphatic rings. The van der Waals surface area contributed by atoms with Gasteiger partial charge in [-0.2, -0.15) is 0 Å². The summed E-state index contributed by atoms with van der Waals surface area (Å²) in [5.74, 6) is 0.301. The van der Waals surface area contributed by atoms with Crippen LogP contribution in [0.1, 0.15) is 15.9 Å². The summed E-state index contributed by atoms with van der Waals surface area (Å²) in [5.41, 5.74) is 1.68. The van der Waals surface area contributed by atoms with Crippen LogP contribution in [0, 0.1) is 6.92 Å². The number of rotatable bonds is 6. The third-order valence-corrected chi connectivity index (χ3v) is 5.36. The van der Waals surface area contributed by atoms with Crippen molar-refractivity contribution >= 4 is 21.7 Å². The third-order valence-electron chi connectivity index (χ3n) is 3.96. The second-order valence-corrected chi connectivity index (χ2v) is 7.72. The van der Waals surface area contributed by atoms with Crippen LogP contribution >= 0.6 is 0 Å². The van der Waals surface area contributed by atoms with E-state index in [1.165, 1.54) is 7.11 Å². The third kappa shape index (κ3) is 4.50. The van der Waals surface area contributed by atoms with Gasteiger partial charge in [-0.15, -0.1) is 0 Å². The SMILES string of the molecule is COC(=O)c1ccccc1Oc1ccc(NS(=O)(=O)c2ccc(C)cc2)cc1. The molecule has 6 nitrogen and oxygen atoms in total. The average Bonchev–Trinajstić information content (AvgIpc) is 2.69. The average molecular weight is 397 g/mol. The fourth-order valence-corrected chi connectivity index (χ4v) is 3.54. The Morgan fingerprint density at radius 2 is 1.54 bits per heavy atom. The summed E-state index contributed by atoms with van der Waals surface area (Å²) in [4.78, 5) is 12.0. The van der Waals surface area contributed by atoms with E-state index in [0.29, 0.717) is 22.7 Å². The number of hydrogen-bond donors (Lipinski definition) is 1. The van der Waals surface area contributed by atoms with Gasteiger partial charge in [0.1, 0.15) is 17.1 Å². The lowest BCUT2D eigenvalue weighted by atomic mass is 10.2. The van der Waals surface area contributed by atoms with E-state index in [-0.39, 0.29) is 4.90 Å². The minimum atomic E-state index is -3.68. The summed E-state index contributed by atoms with van der Waals surface area (Å²) in [7, 11) is -2.38. The molecule has 0 spiro atoms. The lowest BCUT2D eigenvalue weighted by Gasteiger charge is -2.11. The van der Waals surface area contributed by atoms with Crippen LogP contribution in [0.3, 0.4) is 0 Å². The highest BCUT2D eigenvalue weighted by atomic mass is 32.2. The van der Waals surface area contributed by atoms with Gasteiger partial charge in [0.2, 0.25) is 0 Å². The number of methoxy groups -OCH3 is 1. The van der Waals surface area contributed by atoms with Crippen molar-refractivity contribution < 1.29 is 22.7 Å². The Labute approximate surface area is 163 Å². The molecule has 0 atom stereocenters. The zero-order valence-electron chi connectivity index (χ0n) is 15.4. The van der Waals surface area contributed by atoms with E-state index >= 15 is 0 Å². The Kier molecular flexibility index (Phi) is 5.65. The van der Waals surface area contributed by atoms with Gasteiger partial charge in [-0.05, 0) is 55.5 Å². The number of esters is 1. The molecular formula is C21H19NO5S. The molecule has 0 saturated heterocycles. The highest BCUT2D eigenvalue weighted by molar-refractivity contribution is 7.92. The van der Waals surface area contributed by atoms with Crippen molar-refractivity contribution in [3.63, 3.8) is 0 Å². The first-order valence-electron chi connectivity index (χ1n) is 8.44. The minimum absolute atomic E-state index is 0.186. The van der Waals surface area contributed by atoms with Crippen molar-refractivity contribution in [2.75, 3.05) is 11.8 Å². The molecule has 0 unspecified atom stereocenters. The second-order valence-electron chi connectivity index (χ2n) is 6.03. The molecule has 0 radical (unpaired) electrons. The predicted octanol–water partition coefficient (Wildman–Crippen LogP) is 4.37. The number of carbonyl (C=O) groups excluding carboxylic acids is 1. The van der Waals surface area contributed by atoms with Gasteiger partial charge in [0.25, 0.3) is 10.0 Å². The zero-order chi connectivity index (χ0) is 20.1. The van der Waals surface area contributed by atoms with Gasteiger partial charge < -0.3 is 9.47 Å². The van der Waals surface area contributed by atoms with Gasteiger partial charge in [-0.25, -0.2) is 13.2 Å². The maximum Gasteiger partial charge on any atom is 0.341 e. The molecule has 1 N–H and O–H groups in total. The van der Waals surface area contributed by atoms with Crippen molar-refractivity contribution in [1.82, 2.24) is 0 Å². The first-order chi connectivity index (χ1) is 13.4. The first kappa shape index (κ1) is 19.4. The van der Waals surface area contributed by atoms with Gasteiger partial charge in [0, 0.05) is 5.69 Å². The highest BCUT2D eigenvalue weighted by Crippen LogP contribution is 2.27. The number of ether oxygens (including phenoxy) is 2. The number of benzene rings is 3. The van der Waals surface area contributed by atoms with Crippen LogP contribution in [0.5, 0.6) is 11.5 Å². The van der Waals surface area contributed by atoms with Crippen LogP contribution in [0.2, 0.25) is 0 Å². The topological polar surface area (TPSA) is 81.7 Å². The largest absolute Gasteiger partial charge is 0.465 e. The molecule has 144 valence electrons. The molecule has 0 bridgehead atoms. The standard InChI is InChI=1S/C21H19NO5S/c1-15-7-13-18(14-8-15)28(24,25)22-16-9-11-17(12-10-16)27-20-6-4-3-5-19(20)21(23)26-2/h3-14,22H,1-2H3. The molecule has 0 fully saturated rings. The maximum absolute atomic E-state index is 12.4. The van der Waals surface area contributed by atoms with Crippen LogP contribution < -0.4 is 9.46 Å². The molecule has 0 aromatic heterocycles. The molecule has 28 heavy (non-hydrogen) atoms. The molecule has 0 aliphatic heterocycles. The fraction of sp³-hybridized carbons (Fsp3) is 0.0952. The monoisotopic (exact) mass is 397 g/mol. The highest BCUT2D eigenvalue weighted by Gasteiger charge is 2.15. The maximum atomic E-state index is 12.4. The van der Waals surface area contributed by atoms with E-state index in [4.69, 9.17) is 9.47 Å². The smallest absolute Gasteiger partial charge is 0.341 e. The number of carbonyl (C=O) groups is 1. The molecule has 3 rings (SSSR count). The van der Waals surface area contributed by atoms with E-state index in [1.807, 2.05) is 6.92 Å². The summed E-state index contributed by atoms with van der Waals surface area (Å²) >= 11 is 0. The number of aryl methyl sites for hydroxylation is 1. The van der Waals surface area contributed by atoms with Crippen LogP contribution in [0.25, 0.3) is 0 Å². The molecule has 0 heterocycles. The summed E-state index contributed by atoms with van der Waals surface area (Å²) in [6, 6.07) is 19.7. The summed E-state index contributed by atoms with van der Waals surface area (Å²) < 4.78 is 37.9. The molecule has 3 aromatic carbocycles. The van der Waals surface area contributed by atoms with Gasteiger partial charge in [-0.3, -0.25) is 4.72 Å². The Morgan fingerprint density at radius 3 is 2.18 bits per heavy atom. The molecule has 0 saturated carbocycles. The second kappa shape index (κ2) is 8.14. The Balaban J connectivity index is 1.76.